The van der Waals surface area contributed by atoms with Crippen molar-refractivity contribution in [1.29, 1.82) is 0 Å². The molecule has 0 fully saturated rings. The van der Waals surface area contributed by atoms with Gasteiger partial charge in [-0.2, -0.15) is 0 Å². The average Bonchev–Trinajstić information content (AvgIpc) is 2.30. The van der Waals surface area contributed by atoms with Crippen LogP contribution >= 0.6 is 0 Å². The van der Waals surface area contributed by atoms with E-state index in [1.165, 1.54) is 12.4 Å². The summed E-state index contributed by atoms with van der Waals surface area (Å²) < 4.78 is 0. The molecule has 0 saturated heterocycles. The Balaban J connectivity index is 2.20. The van der Waals surface area contributed by atoms with Crippen LogP contribution in [0, 0.1) is 0 Å². The lowest BCUT2D eigenvalue weighted by Crippen LogP contribution is -2.20. The van der Waals surface area contributed by atoms with Gasteiger partial charge in [0.05, 0.1) is 5.56 Å². The Morgan fingerprint density at radius 1 is 1.33 bits per heavy atom. The summed E-state index contributed by atoms with van der Waals surface area (Å²) in [4.78, 5) is 20.3. The number of aromatic carboxylic acids is 1. The van der Waals surface area contributed by atoms with Gasteiger partial charge in [-0.25, -0.2) is 14.8 Å². The van der Waals surface area contributed by atoms with E-state index < -0.39 is 5.97 Å². The Morgan fingerprint density at radius 2 is 2.07 bits per heavy atom. The Morgan fingerprint density at radius 3 is 2.60 bits per heavy atom. The van der Waals surface area contributed by atoms with Gasteiger partial charge in [0.15, 0.2) is 0 Å². The van der Waals surface area contributed by atoms with E-state index in [1.54, 1.807) is 0 Å². The molecule has 5 heteroatoms. The van der Waals surface area contributed by atoms with Gasteiger partial charge in [0.1, 0.15) is 0 Å². The number of carbonyl (C=O) groups is 1. The largest absolute Gasteiger partial charge is 0.478 e. The number of nitrogens with zero attached hydrogens (tertiary/aromatic N) is 3. The van der Waals surface area contributed by atoms with E-state index in [1.807, 2.05) is 29.3 Å². The number of aromatic nitrogens is 2. The molecular weight excluding hydrogens is 194 g/mol. The van der Waals surface area contributed by atoms with Crippen LogP contribution in [-0.2, 0) is 0 Å². The fraction of sp³-hybridized carbons (Fsp3) is 0.100. The second-order valence-corrected chi connectivity index (χ2v) is 3.00. The zero-order chi connectivity index (χ0) is 10.7. The molecule has 0 aromatic carbocycles. The highest BCUT2D eigenvalue weighted by Crippen LogP contribution is 2.09. The van der Waals surface area contributed by atoms with Gasteiger partial charge < -0.3 is 10.0 Å². The molecule has 1 N–H and O–H groups in total. The van der Waals surface area contributed by atoms with Crippen LogP contribution in [-0.4, -0.2) is 27.6 Å². The van der Waals surface area contributed by atoms with Crippen LogP contribution in [0.15, 0.2) is 36.8 Å². The highest BCUT2D eigenvalue weighted by Gasteiger charge is 2.08. The van der Waals surface area contributed by atoms with Crippen LogP contribution in [0.5, 0.6) is 0 Å². The molecule has 0 spiro atoms. The summed E-state index contributed by atoms with van der Waals surface area (Å²) in [6, 6.07) is 0. The highest BCUT2D eigenvalue weighted by atomic mass is 16.4. The molecule has 0 saturated carbocycles. The van der Waals surface area contributed by atoms with Crippen LogP contribution in [0.1, 0.15) is 10.4 Å². The van der Waals surface area contributed by atoms with E-state index in [0.717, 1.165) is 0 Å². The van der Waals surface area contributed by atoms with Crippen molar-refractivity contribution in [3.8, 4) is 0 Å². The number of hydrogen-bond donors (Lipinski definition) is 1. The van der Waals surface area contributed by atoms with Crippen LogP contribution in [0.3, 0.4) is 0 Å². The smallest absolute Gasteiger partial charge is 0.338 e. The molecule has 76 valence electrons. The number of anilines is 1. The molecule has 5 nitrogen and oxygen atoms in total. The first kappa shape index (κ1) is 9.39. The summed E-state index contributed by atoms with van der Waals surface area (Å²) >= 11 is 0. The van der Waals surface area contributed by atoms with Crippen molar-refractivity contribution in [3.05, 3.63) is 42.4 Å². The summed E-state index contributed by atoms with van der Waals surface area (Å²) in [6.45, 7) is 0.697. The van der Waals surface area contributed by atoms with E-state index in [9.17, 15) is 4.79 Å². The van der Waals surface area contributed by atoms with Crippen molar-refractivity contribution >= 4 is 11.9 Å². The summed E-state index contributed by atoms with van der Waals surface area (Å²) in [6.07, 6.45) is 10.2. The zero-order valence-electron chi connectivity index (χ0n) is 7.87. The Hall–Kier alpha value is -2.17. The lowest BCUT2D eigenvalue weighted by molar-refractivity contribution is 0.0696. The maximum absolute atomic E-state index is 10.6. The topological polar surface area (TPSA) is 66.3 Å². The third-order valence-corrected chi connectivity index (χ3v) is 1.96. The van der Waals surface area contributed by atoms with Gasteiger partial charge in [0, 0.05) is 25.1 Å². The van der Waals surface area contributed by atoms with Crippen molar-refractivity contribution in [2.75, 3.05) is 11.4 Å². The first-order valence-electron chi connectivity index (χ1n) is 4.42. The van der Waals surface area contributed by atoms with Gasteiger partial charge in [-0.05, 0) is 6.08 Å². The number of allylic oxidation sites excluding steroid dienone is 2. The molecule has 1 aromatic rings. The van der Waals surface area contributed by atoms with E-state index in [0.29, 0.717) is 12.5 Å². The Bertz CT molecular complexity index is 423. The first-order valence-corrected chi connectivity index (χ1v) is 4.42. The molecule has 1 aromatic heterocycles. The minimum atomic E-state index is -1.02. The van der Waals surface area contributed by atoms with Crippen molar-refractivity contribution in [1.82, 2.24) is 9.97 Å². The maximum atomic E-state index is 10.6. The first-order chi connectivity index (χ1) is 7.27. The maximum Gasteiger partial charge on any atom is 0.338 e. The molecule has 0 bridgehead atoms. The number of hydrogen-bond acceptors (Lipinski definition) is 4. The van der Waals surface area contributed by atoms with Crippen molar-refractivity contribution in [3.63, 3.8) is 0 Å². The molecular formula is C10H9N3O2. The minimum Gasteiger partial charge on any atom is -0.478 e. The molecule has 0 amide bonds. The molecule has 0 radical (unpaired) electrons. The highest BCUT2D eigenvalue weighted by molar-refractivity contribution is 5.86. The van der Waals surface area contributed by atoms with Crippen LogP contribution < -0.4 is 4.90 Å². The van der Waals surface area contributed by atoms with Gasteiger partial charge in [0.25, 0.3) is 0 Å². The standard InChI is InChI=1S/C10H9N3O2/c14-9(15)8-6-11-10(12-7-8)13-4-2-1-3-5-13/h1-4,6-7H,5H2,(H,14,15). The van der Waals surface area contributed by atoms with Crippen molar-refractivity contribution in [2.24, 2.45) is 0 Å². The van der Waals surface area contributed by atoms with Crippen LogP contribution in [0.2, 0.25) is 0 Å². The van der Waals surface area contributed by atoms with Crippen LogP contribution in [0.4, 0.5) is 5.95 Å². The Labute approximate surface area is 86.4 Å². The summed E-state index contributed by atoms with van der Waals surface area (Å²) in [5, 5.41) is 8.67. The van der Waals surface area contributed by atoms with Crippen molar-refractivity contribution in [2.45, 2.75) is 0 Å². The molecule has 15 heavy (non-hydrogen) atoms. The zero-order valence-corrected chi connectivity index (χ0v) is 7.87. The summed E-state index contributed by atoms with van der Waals surface area (Å²) in [7, 11) is 0. The predicted molar refractivity (Wildman–Crippen MR) is 54.6 cm³/mol. The number of rotatable bonds is 2. The monoisotopic (exact) mass is 203 g/mol. The molecule has 0 unspecified atom stereocenters. The third-order valence-electron chi connectivity index (χ3n) is 1.96. The molecule has 1 aliphatic heterocycles. The van der Waals surface area contributed by atoms with Gasteiger partial charge >= 0.3 is 5.97 Å². The minimum absolute atomic E-state index is 0.0929. The van der Waals surface area contributed by atoms with Crippen molar-refractivity contribution < 1.29 is 9.90 Å². The average molecular weight is 203 g/mol. The van der Waals surface area contributed by atoms with E-state index in [-0.39, 0.29) is 5.56 Å². The lowest BCUT2D eigenvalue weighted by atomic mass is 10.3. The van der Waals surface area contributed by atoms with Gasteiger partial charge in [-0.1, -0.05) is 12.2 Å². The van der Waals surface area contributed by atoms with E-state index >= 15 is 0 Å². The fourth-order valence-corrected chi connectivity index (χ4v) is 1.20. The van der Waals surface area contributed by atoms with E-state index in [4.69, 9.17) is 5.11 Å². The molecule has 1 aliphatic rings. The second-order valence-electron chi connectivity index (χ2n) is 3.00. The SMILES string of the molecule is O=C(O)c1cnc(N2C=CC=CC2)nc1. The van der Waals surface area contributed by atoms with Gasteiger partial charge in [0.2, 0.25) is 5.95 Å². The van der Waals surface area contributed by atoms with Crippen LogP contribution in [0.25, 0.3) is 0 Å². The molecule has 2 rings (SSSR count). The summed E-state index contributed by atoms with van der Waals surface area (Å²) in [5.41, 5.74) is 0.0929. The summed E-state index contributed by atoms with van der Waals surface area (Å²) in [5.74, 6) is -0.517. The molecule has 0 aliphatic carbocycles. The molecule has 0 atom stereocenters. The second kappa shape index (κ2) is 3.91. The Kier molecular flexibility index (Phi) is 2.45. The van der Waals surface area contributed by atoms with Gasteiger partial charge in [-0.3, -0.25) is 0 Å². The van der Waals surface area contributed by atoms with Gasteiger partial charge in [-0.15, -0.1) is 0 Å². The quantitative estimate of drug-likeness (QED) is 0.778. The lowest BCUT2D eigenvalue weighted by Gasteiger charge is -2.17. The molecule has 2 heterocycles. The number of carboxylic acid groups (broad SMARTS) is 1. The predicted octanol–water partition coefficient (Wildman–Crippen LogP) is 1.06. The van der Waals surface area contributed by atoms with E-state index in [2.05, 4.69) is 9.97 Å². The number of carboxylic acids is 1. The normalized spacial score (nSPS) is 14.3. The third kappa shape index (κ3) is 2.01. The fourth-order valence-electron chi connectivity index (χ4n) is 1.20.